The summed E-state index contributed by atoms with van der Waals surface area (Å²) in [7, 11) is 0. The van der Waals surface area contributed by atoms with Crippen molar-refractivity contribution >= 4 is 74.3 Å². The summed E-state index contributed by atoms with van der Waals surface area (Å²) in [5, 5.41) is 4.57. The van der Waals surface area contributed by atoms with E-state index in [9.17, 15) is 14.0 Å². The highest BCUT2D eigenvalue weighted by molar-refractivity contribution is 14.1. The molecule has 1 fully saturated rings. The number of nitrogens with one attached hydrogen (secondary N) is 1. The first-order chi connectivity index (χ1) is 18.9. The van der Waals surface area contributed by atoms with Gasteiger partial charge >= 0.3 is 0 Å². The van der Waals surface area contributed by atoms with Crippen LogP contribution in [0.5, 0.6) is 11.5 Å². The fraction of sp³-hybridized carbons (Fsp3) is 0.100. The highest BCUT2D eigenvalue weighted by atomic mass is 127. The first kappa shape index (κ1) is 26.8. The van der Waals surface area contributed by atoms with Crippen molar-refractivity contribution in [3.8, 4) is 11.5 Å². The monoisotopic (exact) mass is 652 g/mol. The van der Waals surface area contributed by atoms with Crippen LogP contribution >= 0.6 is 34.8 Å². The quantitative estimate of drug-likeness (QED) is 0.109. The topological polar surface area (TPSA) is 67.9 Å². The van der Waals surface area contributed by atoms with Crippen molar-refractivity contribution in [2.24, 2.45) is 0 Å². The molecule has 0 aromatic heterocycles. The van der Waals surface area contributed by atoms with Crippen molar-refractivity contribution in [1.29, 1.82) is 0 Å². The van der Waals surface area contributed by atoms with Crippen molar-refractivity contribution in [2.75, 3.05) is 11.5 Å². The summed E-state index contributed by atoms with van der Waals surface area (Å²) in [6.45, 7) is 2.57. The van der Waals surface area contributed by atoms with Gasteiger partial charge in [0.2, 0.25) is 0 Å². The molecule has 0 spiro atoms. The molecule has 1 heterocycles. The Bertz CT molecular complexity index is 1660. The molecular formula is C30H22FIN2O4S. The zero-order valence-corrected chi connectivity index (χ0v) is 23.7. The molecule has 196 valence electrons. The molecule has 6 nitrogen and oxygen atoms in total. The smallest absolute Gasteiger partial charge is 0.270 e. The second-order valence-corrected chi connectivity index (χ2v) is 10.2. The lowest BCUT2D eigenvalue weighted by Gasteiger charge is -2.29. The average molecular weight is 652 g/mol. The van der Waals surface area contributed by atoms with Gasteiger partial charge in [0.1, 0.15) is 18.0 Å². The van der Waals surface area contributed by atoms with Crippen LogP contribution in [0, 0.1) is 9.39 Å². The predicted octanol–water partition coefficient (Wildman–Crippen LogP) is 6.39. The number of hydrogen-bond acceptors (Lipinski definition) is 5. The van der Waals surface area contributed by atoms with Gasteiger partial charge in [-0.2, -0.15) is 0 Å². The summed E-state index contributed by atoms with van der Waals surface area (Å²) < 4.78 is 27.2. The van der Waals surface area contributed by atoms with Crippen LogP contribution in [0.2, 0.25) is 0 Å². The maximum absolute atomic E-state index is 14.5. The molecule has 0 bridgehead atoms. The van der Waals surface area contributed by atoms with E-state index in [1.165, 1.54) is 24.3 Å². The number of fused-ring (bicyclic) bond motifs is 1. The van der Waals surface area contributed by atoms with Crippen LogP contribution in [-0.4, -0.2) is 23.5 Å². The number of hydrogen-bond donors (Lipinski definition) is 1. The Morgan fingerprint density at radius 3 is 2.49 bits per heavy atom. The Labute approximate surface area is 243 Å². The molecule has 0 saturated carbocycles. The third-order valence-electron chi connectivity index (χ3n) is 6.03. The fourth-order valence-electron chi connectivity index (χ4n) is 4.23. The van der Waals surface area contributed by atoms with E-state index in [1.54, 1.807) is 18.2 Å². The van der Waals surface area contributed by atoms with E-state index in [1.807, 2.05) is 25.1 Å². The second-order valence-electron chi connectivity index (χ2n) is 8.64. The van der Waals surface area contributed by atoms with Gasteiger partial charge in [-0.05, 0) is 100 Å². The van der Waals surface area contributed by atoms with Gasteiger partial charge in [-0.15, -0.1) is 0 Å². The molecule has 39 heavy (non-hydrogen) atoms. The molecule has 0 unspecified atom stereocenters. The van der Waals surface area contributed by atoms with Gasteiger partial charge in [0.15, 0.2) is 16.6 Å². The van der Waals surface area contributed by atoms with Gasteiger partial charge < -0.3 is 9.47 Å². The number of carbonyl (C=O) groups is 2. The molecular weight excluding hydrogens is 630 g/mol. The summed E-state index contributed by atoms with van der Waals surface area (Å²) in [5.74, 6) is -0.992. The van der Waals surface area contributed by atoms with E-state index in [0.717, 1.165) is 24.8 Å². The van der Waals surface area contributed by atoms with Gasteiger partial charge in [-0.25, -0.2) is 9.29 Å². The van der Waals surface area contributed by atoms with E-state index in [-0.39, 0.29) is 16.4 Å². The van der Waals surface area contributed by atoms with Crippen LogP contribution in [0.1, 0.15) is 18.1 Å². The van der Waals surface area contributed by atoms with Gasteiger partial charge in [-0.1, -0.05) is 48.5 Å². The second kappa shape index (κ2) is 11.5. The van der Waals surface area contributed by atoms with E-state index in [2.05, 4.69) is 52.2 Å². The molecule has 1 aliphatic heterocycles. The molecule has 0 aliphatic carbocycles. The largest absolute Gasteiger partial charge is 0.490 e. The number of ether oxygens (including phenoxy) is 2. The lowest BCUT2D eigenvalue weighted by molar-refractivity contribution is -0.122. The summed E-state index contributed by atoms with van der Waals surface area (Å²) in [6.07, 6.45) is 1.44. The Hall–Kier alpha value is -3.83. The van der Waals surface area contributed by atoms with Crippen LogP contribution in [0.4, 0.5) is 10.1 Å². The third kappa shape index (κ3) is 5.64. The van der Waals surface area contributed by atoms with Gasteiger partial charge in [0, 0.05) is 0 Å². The number of thiocarbonyl (C=S) groups is 1. The maximum atomic E-state index is 14.5. The van der Waals surface area contributed by atoms with E-state index >= 15 is 0 Å². The maximum Gasteiger partial charge on any atom is 0.270 e. The molecule has 4 aromatic rings. The molecule has 1 aliphatic rings. The number of amides is 2. The molecule has 2 amide bonds. The van der Waals surface area contributed by atoms with Crippen molar-refractivity contribution in [3.05, 3.63) is 105 Å². The van der Waals surface area contributed by atoms with Crippen LogP contribution in [0.25, 0.3) is 16.8 Å². The standard InChI is InChI=1S/C30H22FIN2O4S/c1-2-37-26-16-19(14-22-28(35)33-30(39)34(29(22)36)25-10-6-5-9-23(25)31)15-24(32)27(26)38-17-18-11-12-20-7-3-4-8-21(20)13-18/h3-16H,2,17H2,1H3,(H,33,35,39)/b22-14+. The number of carbonyl (C=O) groups excluding carboxylic acids is 2. The highest BCUT2D eigenvalue weighted by Crippen LogP contribution is 2.36. The zero-order valence-electron chi connectivity index (χ0n) is 20.7. The lowest BCUT2D eigenvalue weighted by Crippen LogP contribution is -2.54. The Balaban J connectivity index is 1.45. The fourth-order valence-corrected chi connectivity index (χ4v) is 5.29. The van der Waals surface area contributed by atoms with Crippen LogP contribution < -0.4 is 19.7 Å². The van der Waals surface area contributed by atoms with Crippen LogP contribution in [-0.2, 0) is 16.2 Å². The zero-order chi connectivity index (χ0) is 27.5. The minimum atomic E-state index is -0.724. The average Bonchev–Trinajstić information content (AvgIpc) is 2.91. The molecule has 0 atom stereocenters. The van der Waals surface area contributed by atoms with Crippen LogP contribution in [0.15, 0.2) is 84.4 Å². The minimum absolute atomic E-state index is 0.0413. The molecule has 1 N–H and O–H groups in total. The first-order valence-electron chi connectivity index (χ1n) is 12.1. The number of benzene rings is 4. The molecule has 5 rings (SSSR count). The molecule has 9 heteroatoms. The van der Waals surface area contributed by atoms with E-state index in [0.29, 0.717) is 30.3 Å². The van der Waals surface area contributed by atoms with Gasteiger partial charge in [0.25, 0.3) is 11.8 Å². The Morgan fingerprint density at radius 1 is 0.974 bits per heavy atom. The lowest BCUT2D eigenvalue weighted by atomic mass is 10.1. The summed E-state index contributed by atoms with van der Waals surface area (Å²) >= 11 is 7.30. The number of nitrogens with zero attached hydrogens (tertiary/aromatic N) is 1. The third-order valence-corrected chi connectivity index (χ3v) is 7.12. The Morgan fingerprint density at radius 2 is 1.72 bits per heavy atom. The van der Waals surface area contributed by atoms with Gasteiger partial charge in [0.05, 0.1) is 15.9 Å². The molecule has 0 radical (unpaired) electrons. The number of anilines is 1. The number of rotatable bonds is 7. The summed E-state index contributed by atoms with van der Waals surface area (Å²) in [6, 6.07) is 23.5. The molecule has 4 aromatic carbocycles. The number of para-hydroxylation sites is 1. The van der Waals surface area contributed by atoms with Crippen molar-refractivity contribution in [1.82, 2.24) is 5.32 Å². The minimum Gasteiger partial charge on any atom is -0.490 e. The predicted molar refractivity (Wildman–Crippen MR) is 161 cm³/mol. The van der Waals surface area contributed by atoms with Crippen molar-refractivity contribution in [2.45, 2.75) is 13.5 Å². The van der Waals surface area contributed by atoms with Crippen molar-refractivity contribution < 1.29 is 23.5 Å². The molecule has 1 saturated heterocycles. The van der Waals surface area contributed by atoms with Gasteiger partial charge in [-0.3, -0.25) is 14.9 Å². The Kier molecular flexibility index (Phi) is 7.89. The highest BCUT2D eigenvalue weighted by Gasteiger charge is 2.35. The summed E-state index contributed by atoms with van der Waals surface area (Å²) in [5.41, 5.74) is 1.32. The summed E-state index contributed by atoms with van der Waals surface area (Å²) in [4.78, 5) is 27.0. The first-order valence-corrected chi connectivity index (χ1v) is 13.6. The number of halogens is 2. The van der Waals surface area contributed by atoms with E-state index < -0.39 is 17.6 Å². The normalized spacial score (nSPS) is 14.6. The van der Waals surface area contributed by atoms with Crippen molar-refractivity contribution in [3.63, 3.8) is 0 Å². The van der Waals surface area contributed by atoms with Crippen LogP contribution in [0.3, 0.4) is 0 Å². The SMILES string of the molecule is CCOc1cc(/C=C2\C(=O)NC(=S)N(c3ccccc3F)C2=O)cc(I)c1OCc1ccc2ccccc2c1. The van der Waals surface area contributed by atoms with E-state index in [4.69, 9.17) is 21.7 Å².